The molecule has 1 aromatic rings. The Kier molecular flexibility index (Phi) is 7.38. The van der Waals surface area contributed by atoms with Gasteiger partial charge in [-0.05, 0) is 49.8 Å². The number of hydrogen-bond donors (Lipinski definition) is 2. The van der Waals surface area contributed by atoms with Gasteiger partial charge in [0.05, 0.1) is 13.1 Å². The first-order valence-electron chi connectivity index (χ1n) is 6.49. The molecule has 108 valence electrons. The third-order valence-electron chi connectivity index (χ3n) is 3.45. The highest BCUT2D eigenvalue weighted by Crippen LogP contribution is 2.15. The fourth-order valence-electron chi connectivity index (χ4n) is 2.24. The number of hydrogen-bond acceptors (Lipinski definition) is 4. The molecular weight excluding hydrogens is 282 g/mol. The summed E-state index contributed by atoms with van der Waals surface area (Å²) >= 11 is 1.67. The van der Waals surface area contributed by atoms with Crippen LogP contribution in [0, 0.1) is 5.92 Å². The van der Waals surface area contributed by atoms with Gasteiger partial charge < -0.3 is 11.1 Å². The number of nitrogens with two attached hydrogens (primary N) is 1. The number of nitrogens with zero attached hydrogens (tertiary/aromatic N) is 1. The van der Waals surface area contributed by atoms with Crippen LogP contribution in [0.2, 0.25) is 0 Å². The highest BCUT2D eigenvalue weighted by Gasteiger charge is 2.19. The van der Waals surface area contributed by atoms with Crippen LogP contribution in [0.5, 0.6) is 0 Å². The first-order valence-corrected chi connectivity index (χ1v) is 7.37. The summed E-state index contributed by atoms with van der Waals surface area (Å²) in [7, 11) is 0. The maximum atomic E-state index is 11.8. The summed E-state index contributed by atoms with van der Waals surface area (Å²) in [5.74, 6) is 0.769. The van der Waals surface area contributed by atoms with Crippen molar-refractivity contribution >= 4 is 29.7 Å². The fraction of sp³-hybridized carbons (Fsp3) is 0.615. The molecule has 2 heterocycles. The van der Waals surface area contributed by atoms with Crippen LogP contribution < -0.4 is 11.1 Å². The molecule has 1 amide bonds. The van der Waals surface area contributed by atoms with Crippen molar-refractivity contribution in [2.75, 3.05) is 26.2 Å². The second-order valence-electron chi connectivity index (χ2n) is 4.81. The van der Waals surface area contributed by atoms with Gasteiger partial charge in [-0.2, -0.15) is 0 Å². The highest BCUT2D eigenvalue weighted by molar-refractivity contribution is 7.09. The molecule has 0 spiro atoms. The van der Waals surface area contributed by atoms with Crippen molar-refractivity contribution in [3.05, 3.63) is 22.4 Å². The van der Waals surface area contributed by atoms with E-state index in [4.69, 9.17) is 5.73 Å². The molecule has 1 saturated heterocycles. The Balaban J connectivity index is 0.00000180. The van der Waals surface area contributed by atoms with E-state index in [9.17, 15) is 4.79 Å². The third kappa shape index (κ3) is 5.48. The summed E-state index contributed by atoms with van der Waals surface area (Å²) in [5.41, 5.74) is 5.66. The van der Waals surface area contributed by atoms with Crippen molar-refractivity contribution in [1.29, 1.82) is 0 Å². The maximum Gasteiger partial charge on any atom is 0.234 e. The van der Waals surface area contributed by atoms with Gasteiger partial charge in [0.2, 0.25) is 5.91 Å². The Labute approximate surface area is 124 Å². The van der Waals surface area contributed by atoms with Crippen LogP contribution in [0.25, 0.3) is 0 Å². The number of nitrogens with one attached hydrogen (secondary N) is 1. The number of carbonyl (C=O) groups excluding carboxylic acids is 1. The van der Waals surface area contributed by atoms with Gasteiger partial charge in [0.25, 0.3) is 0 Å². The first-order chi connectivity index (χ1) is 8.78. The Morgan fingerprint density at radius 3 is 2.79 bits per heavy atom. The van der Waals surface area contributed by atoms with E-state index in [0.29, 0.717) is 19.0 Å². The standard InChI is InChI=1S/C13H21N3OS.ClH/c14-8-11-3-5-16(6-4-11)10-13(17)15-9-12-2-1-7-18-12;/h1-2,7,11H,3-6,8-10,14H2,(H,15,17);1H. The summed E-state index contributed by atoms with van der Waals surface area (Å²) in [4.78, 5) is 15.2. The molecule has 0 bridgehead atoms. The predicted octanol–water partition coefficient (Wildman–Crippen LogP) is 1.46. The number of amides is 1. The second-order valence-corrected chi connectivity index (χ2v) is 5.84. The van der Waals surface area contributed by atoms with E-state index < -0.39 is 0 Å². The van der Waals surface area contributed by atoms with E-state index in [-0.39, 0.29) is 18.3 Å². The zero-order chi connectivity index (χ0) is 12.8. The Morgan fingerprint density at radius 2 is 2.21 bits per heavy atom. The topological polar surface area (TPSA) is 58.4 Å². The minimum atomic E-state index is 0. The quantitative estimate of drug-likeness (QED) is 0.866. The SMILES string of the molecule is Cl.NCC1CCN(CC(=O)NCc2cccs2)CC1. The average Bonchev–Trinajstić information content (AvgIpc) is 2.90. The summed E-state index contributed by atoms with van der Waals surface area (Å²) in [5, 5.41) is 4.99. The molecule has 0 unspecified atom stereocenters. The molecule has 6 heteroatoms. The van der Waals surface area contributed by atoms with Crippen LogP contribution in [-0.2, 0) is 11.3 Å². The lowest BCUT2D eigenvalue weighted by Gasteiger charge is -2.30. The first kappa shape index (κ1) is 16.4. The molecule has 2 rings (SSSR count). The van der Waals surface area contributed by atoms with Gasteiger partial charge in [0, 0.05) is 4.88 Å². The van der Waals surface area contributed by atoms with E-state index in [1.54, 1.807) is 11.3 Å². The monoisotopic (exact) mass is 303 g/mol. The molecule has 0 saturated carbocycles. The van der Waals surface area contributed by atoms with Crippen molar-refractivity contribution in [3.63, 3.8) is 0 Å². The second kappa shape index (κ2) is 8.53. The van der Waals surface area contributed by atoms with Crippen LogP contribution in [0.1, 0.15) is 17.7 Å². The largest absolute Gasteiger partial charge is 0.350 e. The Hall–Kier alpha value is -0.620. The van der Waals surface area contributed by atoms with Crippen LogP contribution in [0.3, 0.4) is 0 Å². The van der Waals surface area contributed by atoms with Gasteiger partial charge in [-0.3, -0.25) is 9.69 Å². The molecule has 1 aromatic heterocycles. The molecule has 0 aliphatic carbocycles. The average molecular weight is 304 g/mol. The van der Waals surface area contributed by atoms with Crippen molar-refractivity contribution in [2.24, 2.45) is 11.7 Å². The summed E-state index contributed by atoms with van der Waals surface area (Å²) in [6, 6.07) is 4.04. The van der Waals surface area contributed by atoms with Crippen molar-refractivity contribution in [2.45, 2.75) is 19.4 Å². The van der Waals surface area contributed by atoms with Crippen molar-refractivity contribution in [1.82, 2.24) is 10.2 Å². The van der Waals surface area contributed by atoms with Gasteiger partial charge in [0.15, 0.2) is 0 Å². The normalized spacial score (nSPS) is 16.9. The lowest BCUT2D eigenvalue weighted by atomic mass is 9.97. The molecule has 0 aromatic carbocycles. The lowest BCUT2D eigenvalue weighted by molar-refractivity contribution is -0.122. The number of halogens is 1. The molecule has 19 heavy (non-hydrogen) atoms. The molecular formula is C13H22ClN3OS. The minimum absolute atomic E-state index is 0. The maximum absolute atomic E-state index is 11.8. The number of carbonyl (C=O) groups is 1. The van der Waals surface area contributed by atoms with Gasteiger partial charge in [-0.25, -0.2) is 0 Å². The Bertz CT molecular complexity index is 364. The van der Waals surface area contributed by atoms with Crippen molar-refractivity contribution in [3.8, 4) is 0 Å². The highest BCUT2D eigenvalue weighted by atomic mass is 35.5. The number of rotatable bonds is 5. The smallest absolute Gasteiger partial charge is 0.234 e. The number of thiophene rings is 1. The van der Waals surface area contributed by atoms with Crippen LogP contribution in [0.15, 0.2) is 17.5 Å². The molecule has 1 fully saturated rings. The fourth-order valence-corrected chi connectivity index (χ4v) is 2.88. The third-order valence-corrected chi connectivity index (χ3v) is 4.32. The molecule has 3 N–H and O–H groups in total. The molecule has 0 atom stereocenters. The van der Waals surface area contributed by atoms with Gasteiger partial charge in [-0.15, -0.1) is 23.7 Å². The number of piperidine rings is 1. The zero-order valence-electron chi connectivity index (χ0n) is 11.0. The van der Waals surface area contributed by atoms with E-state index in [1.165, 1.54) is 4.88 Å². The minimum Gasteiger partial charge on any atom is -0.350 e. The predicted molar refractivity (Wildman–Crippen MR) is 81.6 cm³/mol. The van der Waals surface area contributed by atoms with Crippen molar-refractivity contribution < 1.29 is 4.79 Å². The molecule has 0 radical (unpaired) electrons. The van der Waals surface area contributed by atoms with Gasteiger partial charge in [-0.1, -0.05) is 6.07 Å². The van der Waals surface area contributed by atoms with Gasteiger partial charge in [0.1, 0.15) is 0 Å². The Morgan fingerprint density at radius 1 is 1.47 bits per heavy atom. The van der Waals surface area contributed by atoms with Crippen LogP contribution in [0.4, 0.5) is 0 Å². The van der Waals surface area contributed by atoms with E-state index in [1.807, 2.05) is 17.5 Å². The summed E-state index contributed by atoms with van der Waals surface area (Å²) in [6.45, 7) is 3.93. The molecule has 1 aliphatic rings. The van der Waals surface area contributed by atoms with Crippen LogP contribution in [-0.4, -0.2) is 37.0 Å². The zero-order valence-corrected chi connectivity index (χ0v) is 12.6. The van der Waals surface area contributed by atoms with Crippen LogP contribution >= 0.6 is 23.7 Å². The summed E-state index contributed by atoms with van der Waals surface area (Å²) < 4.78 is 0. The van der Waals surface area contributed by atoms with E-state index in [0.717, 1.165) is 32.5 Å². The lowest BCUT2D eigenvalue weighted by Crippen LogP contribution is -2.42. The van der Waals surface area contributed by atoms with Gasteiger partial charge >= 0.3 is 0 Å². The number of likely N-dealkylation sites (tertiary alicyclic amines) is 1. The van der Waals surface area contributed by atoms with E-state index in [2.05, 4.69) is 10.2 Å². The molecule has 1 aliphatic heterocycles. The molecule has 4 nitrogen and oxygen atoms in total. The summed E-state index contributed by atoms with van der Waals surface area (Å²) in [6.07, 6.45) is 2.24. The van der Waals surface area contributed by atoms with E-state index >= 15 is 0 Å².